The van der Waals surface area contributed by atoms with Crippen LogP contribution in [-0.2, 0) is 11.3 Å². The summed E-state index contributed by atoms with van der Waals surface area (Å²) < 4.78 is 13.8. The van der Waals surface area contributed by atoms with Gasteiger partial charge in [0.25, 0.3) is 0 Å². The summed E-state index contributed by atoms with van der Waals surface area (Å²) in [4.78, 5) is 16.7. The third-order valence-corrected chi connectivity index (χ3v) is 5.04. The smallest absolute Gasteiger partial charge is 0.233 e. The number of benzene rings is 2. The molecule has 0 unspecified atom stereocenters. The average Bonchev–Trinajstić information content (AvgIpc) is 3.13. The lowest BCUT2D eigenvalue weighted by atomic mass is 10.2. The van der Waals surface area contributed by atoms with E-state index < -0.39 is 0 Å². The van der Waals surface area contributed by atoms with Gasteiger partial charge in [0.2, 0.25) is 11.1 Å². The van der Waals surface area contributed by atoms with E-state index in [0.717, 1.165) is 5.56 Å². The first-order chi connectivity index (χ1) is 12.7. The van der Waals surface area contributed by atoms with E-state index in [1.54, 1.807) is 18.2 Å². The number of aromatic amines is 1. The van der Waals surface area contributed by atoms with E-state index in [1.807, 2.05) is 37.3 Å². The number of amides is 1. The van der Waals surface area contributed by atoms with Gasteiger partial charge in [-0.05, 0) is 24.1 Å². The van der Waals surface area contributed by atoms with Crippen molar-refractivity contribution in [3.05, 3.63) is 66.0 Å². The Morgan fingerprint density at radius 1 is 1.19 bits per heavy atom. The van der Waals surface area contributed by atoms with Gasteiger partial charge >= 0.3 is 0 Å². The monoisotopic (exact) mass is 370 g/mol. The van der Waals surface area contributed by atoms with E-state index in [9.17, 15) is 9.18 Å². The zero-order chi connectivity index (χ0) is 18.4. The Kier molecular flexibility index (Phi) is 6.01. The van der Waals surface area contributed by atoms with Crippen LogP contribution in [0.3, 0.4) is 0 Å². The van der Waals surface area contributed by atoms with Crippen LogP contribution in [0.5, 0.6) is 0 Å². The van der Waals surface area contributed by atoms with Crippen molar-refractivity contribution in [1.29, 1.82) is 0 Å². The predicted octanol–water partition coefficient (Wildman–Crippen LogP) is 3.80. The fraction of sp³-hybridized carbons (Fsp3) is 0.211. The number of H-pyrrole nitrogens is 1. The molecule has 7 heteroatoms. The second-order valence-electron chi connectivity index (χ2n) is 5.66. The Hall–Kier alpha value is -2.67. The van der Waals surface area contributed by atoms with Crippen molar-refractivity contribution in [2.45, 2.75) is 30.3 Å². The molecule has 0 aliphatic rings. The van der Waals surface area contributed by atoms with Crippen LogP contribution in [0.1, 0.15) is 18.9 Å². The molecule has 134 valence electrons. The van der Waals surface area contributed by atoms with Gasteiger partial charge < -0.3 is 5.32 Å². The lowest BCUT2D eigenvalue weighted by Crippen LogP contribution is -2.31. The summed E-state index contributed by atoms with van der Waals surface area (Å²) in [5, 5.41) is 9.87. The quantitative estimate of drug-likeness (QED) is 0.621. The molecule has 3 rings (SSSR count). The summed E-state index contributed by atoms with van der Waals surface area (Å²) in [5.41, 5.74) is 1.40. The van der Waals surface area contributed by atoms with Gasteiger partial charge in [-0.15, -0.1) is 5.10 Å². The van der Waals surface area contributed by atoms with E-state index in [4.69, 9.17) is 0 Å². The minimum Gasteiger partial charge on any atom is -0.351 e. The molecule has 0 spiro atoms. The largest absolute Gasteiger partial charge is 0.351 e. The molecule has 1 aromatic heterocycles. The second kappa shape index (κ2) is 8.62. The highest BCUT2D eigenvalue weighted by Gasteiger charge is 2.20. The summed E-state index contributed by atoms with van der Waals surface area (Å²) in [7, 11) is 0. The molecule has 0 bridgehead atoms. The summed E-state index contributed by atoms with van der Waals surface area (Å²) >= 11 is 1.27. The number of aromatic nitrogens is 3. The predicted molar refractivity (Wildman–Crippen MR) is 100 cm³/mol. The molecule has 1 amide bonds. The van der Waals surface area contributed by atoms with Crippen LogP contribution in [0.4, 0.5) is 4.39 Å². The highest BCUT2D eigenvalue weighted by atomic mass is 32.2. The van der Waals surface area contributed by atoms with Crippen molar-refractivity contribution in [3.8, 4) is 11.4 Å². The number of carbonyl (C=O) groups excluding carboxylic acids is 1. The van der Waals surface area contributed by atoms with E-state index >= 15 is 0 Å². The lowest BCUT2D eigenvalue weighted by molar-refractivity contribution is -0.120. The van der Waals surface area contributed by atoms with Crippen molar-refractivity contribution in [1.82, 2.24) is 20.5 Å². The molecule has 2 aromatic carbocycles. The van der Waals surface area contributed by atoms with E-state index in [-0.39, 0.29) is 17.0 Å². The second-order valence-corrected chi connectivity index (χ2v) is 6.83. The van der Waals surface area contributed by atoms with Crippen LogP contribution < -0.4 is 5.32 Å². The molecule has 0 fully saturated rings. The van der Waals surface area contributed by atoms with Crippen LogP contribution in [0.15, 0.2) is 59.8 Å². The van der Waals surface area contributed by atoms with Crippen molar-refractivity contribution in [2.24, 2.45) is 0 Å². The van der Waals surface area contributed by atoms with E-state index in [2.05, 4.69) is 20.5 Å². The SMILES string of the molecule is CC[C@H](Sc1n[nH]c(-c2ccccc2F)n1)C(=O)NCc1ccccc1. The molecule has 1 heterocycles. The van der Waals surface area contributed by atoms with Crippen molar-refractivity contribution >= 4 is 17.7 Å². The maximum absolute atomic E-state index is 13.8. The number of hydrogen-bond acceptors (Lipinski definition) is 4. The minimum absolute atomic E-state index is 0.0707. The number of nitrogens with one attached hydrogen (secondary N) is 2. The first kappa shape index (κ1) is 18.1. The van der Waals surface area contributed by atoms with Gasteiger partial charge in [-0.3, -0.25) is 9.89 Å². The zero-order valence-corrected chi connectivity index (χ0v) is 15.1. The van der Waals surface area contributed by atoms with Gasteiger partial charge in [-0.2, -0.15) is 0 Å². The first-order valence-electron chi connectivity index (χ1n) is 8.33. The molecule has 0 radical (unpaired) electrons. The fourth-order valence-corrected chi connectivity index (χ4v) is 3.28. The summed E-state index contributed by atoms with van der Waals surface area (Å²) in [6.07, 6.45) is 0.634. The molecule has 26 heavy (non-hydrogen) atoms. The molecule has 5 nitrogen and oxygen atoms in total. The molecule has 3 aromatic rings. The third-order valence-electron chi connectivity index (χ3n) is 3.81. The number of halogens is 1. The van der Waals surface area contributed by atoms with E-state index in [0.29, 0.717) is 29.5 Å². The summed E-state index contributed by atoms with van der Waals surface area (Å²) in [6.45, 7) is 2.41. The number of nitrogens with zero attached hydrogens (tertiary/aromatic N) is 2. The van der Waals surface area contributed by atoms with Gasteiger partial charge in [-0.1, -0.05) is 61.2 Å². The third kappa shape index (κ3) is 4.49. The normalized spacial score (nSPS) is 11.9. The van der Waals surface area contributed by atoms with Gasteiger partial charge in [-0.25, -0.2) is 9.37 Å². The van der Waals surface area contributed by atoms with Crippen molar-refractivity contribution in [2.75, 3.05) is 0 Å². The maximum Gasteiger partial charge on any atom is 0.233 e. The standard InChI is InChI=1S/C19H19FN4OS/c1-2-16(18(25)21-12-13-8-4-3-5-9-13)26-19-22-17(23-24-19)14-10-6-7-11-15(14)20/h3-11,16H,2,12H2,1H3,(H,21,25)(H,22,23,24)/t16-/m0/s1. The highest BCUT2D eigenvalue weighted by molar-refractivity contribution is 8.00. The van der Waals surface area contributed by atoms with Gasteiger partial charge in [0.15, 0.2) is 5.82 Å². The molecule has 2 N–H and O–H groups in total. The summed E-state index contributed by atoms with van der Waals surface area (Å²) in [6, 6.07) is 16.1. The number of thioether (sulfide) groups is 1. The average molecular weight is 370 g/mol. The van der Waals surface area contributed by atoms with Crippen LogP contribution in [0.25, 0.3) is 11.4 Å². The molecule has 0 aliphatic heterocycles. The summed E-state index contributed by atoms with van der Waals surface area (Å²) in [5.74, 6) is -0.0865. The van der Waals surface area contributed by atoms with Gasteiger partial charge in [0.1, 0.15) is 5.82 Å². The molecule has 0 saturated heterocycles. The van der Waals surface area contributed by atoms with Crippen LogP contribution in [-0.4, -0.2) is 26.3 Å². The number of carbonyl (C=O) groups is 1. The Bertz CT molecular complexity index is 869. The van der Waals surface area contributed by atoms with Gasteiger partial charge in [0.05, 0.1) is 10.8 Å². The lowest BCUT2D eigenvalue weighted by Gasteiger charge is -2.12. The van der Waals surface area contributed by atoms with E-state index in [1.165, 1.54) is 17.8 Å². The van der Waals surface area contributed by atoms with Gasteiger partial charge in [0, 0.05) is 6.54 Å². The Morgan fingerprint density at radius 2 is 1.92 bits per heavy atom. The zero-order valence-electron chi connectivity index (χ0n) is 14.3. The van der Waals surface area contributed by atoms with Crippen molar-refractivity contribution < 1.29 is 9.18 Å². The Balaban J connectivity index is 1.63. The molecule has 0 aliphatic carbocycles. The minimum atomic E-state index is -0.368. The van der Waals surface area contributed by atoms with Crippen molar-refractivity contribution in [3.63, 3.8) is 0 Å². The molecule has 0 saturated carbocycles. The van der Waals surface area contributed by atoms with Crippen LogP contribution in [0, 0.1) is 5.82 Å². The molecular weight excluding hydrogens is 351 g/mol. The van der Waals surface area contributed by atoms with Crippen LogP contribution in [0.2, 0.25) is 0 Å². The highest BCUT2D eigenvalue weighted by Crippen LogP contribution is 2.25. The Morgan fingerprint density at radius 3 is 2.65 bits per heavy atom. The van der Waals surface area contributed by atoms with Crippen LogP contribution >= 0.6 is 11.8 Å². The maximum atomic E-state index is 13.8. The Labute approximate surface area is 155 Å². The number of rotatable bonds is 7. The first-order valence-corrected chi connectivity index (χ1v) is 9.21. The topological polar surface area (TPSA) is 70.7 Å². The number of hydrogen-bond donors (Lipinski definition) is 2. The molecule has 1 atom stereocenters. The fourth-order valence-electron chi connectivity index (χ4n) is 2.42. The molecular formula is C19H19FN4OS.